The molecule has 0 atom stereocenters. The summed E-state index contributed by atoms with van der Waals surface area (Å²) >= 11 is 6.38. The molecule has 2 aromatic heterocycles. The van der Waals surface area contributed by atoms with Crippen LogP contribution in [0.15, 0.2) is 30.5 Å². The van der Waals surface area contributed by atoms with E-state index in [1.807, 2.05) is 6.92 Å². The molecule has 0 aliphatic heterocycles. The lowest BCUT2D eigenvalue weighted by atomic mass is 10.1. The van der Waals surface area contributed by atoms with Crippen molar-refractivity contribution in [3.8, 4) is 0 Å². The first-order valence-corrected chi connectivity index (χ1v) is 8.08. The highest BCUT2D eigenvalue weighted by molar-refractivity contribution is 6.39. The van der Waals surface area contributed by atoms with Gasteiger partial charge in [0.15, 0.2) is 5.65 Å². The van der Waals surface area contributed by atoms with Gasteiger partial charge in [-0.2, -0.15) is 18.3 Å². The smallest absolute Gasteiger partial charge is 0.322 e. The number of alkyl halides is 3. The summed E-state index contributed by atoms with van der Waals surface area (Å²) in [6.45, 7) is 1.91. The predicted octanol–water partition coefficient (Wildman–Crippen LogP) is 4.46. The summed E-state index contributed by atoms with van der Waals surface area (Å²) in [6, 6.07) is 4.16. The summed E-state index contributed by atoms with van der Waals surface area (Å²) < 4.78 is 39.4. The third-order valence-corrected chi connectivity index (χ3v) is 4.30. The highest BCUT2D eigenvalue weighted by Gasteiger charge is 2.30. The summed E-state index contributed by atoms with van der Waals surface area (Å²) in [7, 11) is 1.73. The minimum absolute atomic E-state index is 0.127. The molecule has 5 nitrogen and oxygen atoms in total. The van der Waals surface area contributed by atoms with Crippen LogP contribution >= 0.6 is 11.6 Å². The van der Waals surface area contributed by atoms with Gasteiger partial charge in [-0.15, -0.1) is 0 Å². The summed E-state index contributed by atoms with van der Waals surface area (Å²) in [5.41, 5.74) is 0.824. The standard InChI is InChI=1S/C17H14ClF3N4O/c1-3-12-13-14(18)11(8-22-15(13)25(2)24-12)16(26)23-10-6-4-9(5-7-10)17(19,20)21/h4-8H,3H2,1-2H3,(H,23,26). The molecule has 1 amide bonds. The van der Waals surface area contributed by atoms with Gasteiger partial charge in [0.2, 0.25) is 0 Å². The maximum atomic E-state index is 12.6. The number of carbonyl (C=O) groups excluding carboxylic acids is 1. The first kappa shape index (κ1) is 18.2. The number of halogens is 4. The molecular formula is C17H14ClF3N4O. The predicted molar refractivity (Wildman–Crippen MR) is 92.3 cm³/mol. The van der Waals surface area contributed by atoms with Crippen molar-refractivity contribution < 1.29 is 18.0 Å². The largest absolute Gasteiger partial charge is 0.416 e. The normalized spacial score (nSPS) is 11.8. The van der Waals surface area contributed by atoms with E-state index in [-0.39, 0.29) is 16.3 Å². The van der Waals surface area contributed by atoms with Crippen LogP contribution in [0.4, 0.5) is 18.9 Å². The molecule has 0 saturated heterocycles. The lowest BCUT2D eigenvalue weighted by Gasteiger charge is -2.10. The molecule has 0 aliphatic rings. The first-order valence-electron chi connectivity index (χ1n) is 7.71. The highest BCUT2D eigenvalue weighted by atomic mass is 35.5. The van der Waals surface area contributed by atoms with Crippen molar-refractivity contribution in [1.82, 2.24) is 14.8 Å². The highest BCUT2D eigenvalue weighted by Crippen LogP contribution is 2.31. The molecule has 3 aromatic rings. The number of anilines is 1. The molecular weight excluding hydrogens is 369 g/mol. The molecule has 2 heterocycles. The number of benzene rings is 1. The van der Waals surface area contributed by atoms with Crippen LogP contribution in [0.25, 0.3) is 11.0 Å². The average molecular weight is 383 g/mol. The number of rotatable bonds is 3. The molecule has 26 heavy (non-hydrogen) atoms. The van der Waals surface area contributed by atoms with E-state index in [9.17, 15) is 18.0 Å². The number of nitrogens with zero attached hydrogens (tertiary/aromatic N) is 3. The van der Waals surface area contributed by atoms with Crippen molar-refractivity contribution in [2.24, 2.45) is 7.05 Å². The number of hydrogen-bond donors (Lipinski definition) is 1. The van der Waals surface area contributed by atoms with Crippen LogP contribution in [0.1, 0.15) is 28.5 Å². The fourth-order valence-corrected chi connectivity index (χ4v) is 2.93. The van der Waals surface area contributed by atoms with Crippen LogP contribution < -0.4 is 5.32 Å². The molecule has 0 unspecified atom stereocenters. The summed E-state index contributed by atoms with van der Waals surface area (Å²) in [5, 5.41) is 7.65. The van der Waals surface area contributed by atoms with Crippen molar-refractivity contribution >= 4 is 34.2 Å². The fourth-order valence-electron chi connectivity index (χ4n) is 2.61. The average Bonchev–Trinajstić information content (AvgIpc) is 2.92. The zero-order valence-corrected chi connectivity index (χ0v) is 14.6. The number of pyridine rings is 1. The van der Waals surface area contributed by atoms with Gasteiger partial charge in [0.05, 0.1) is 27.2 Å². The van der Waals surface area contributed by atoms with Crippen LogP contribution in [-0.4, -0.2) is 20.7 Å². The molecule has 0 spiro atoms. The van der Waals surface area contributed by atoms with E-state index < -0.39 is 17.6 Å². The van der Waals surface area contributed by atoms with Gasteiger partial charge in [-0.3, -0.25) is 9.48 Å². The van der Waals surface area contributed by atoms with Crippen molar-refractivity contribution in [1.29, 1.82) is 0 Å². The first-order chi connectivity index (χ1) is 12.2. The Bertz CT molecular complexity index is 980. The van der Waals surface area contributed by atoms with Crippen LogP contribution in [0.3, 0.4) is 0 Å². The number of carbonyl (C=O) groups is 1. The monoisotopic (exact) mass is 382 g/mol. The third-order valence-electron chi connectivity index (χ3n) is 3.91. The molecule has 0 saturated carbocycles. The number of aromatic nitrogens is 3. The minimum atomic E-state index is -4.43. The van der Waals surface area contributed by atoms with E-state index in [0.717, 1.165) is 12.1 Å². The molecule has 3 rings (SSSR count). The van der Waals surface area contributed by atoms with Crippen molar-refractivity contribution in [2.45, 2.75) is 19.5 Å². The lowest BCUT2D eigenvalue weighted by Crippen LogP contribution is -2.13. The summed E-state index contributed by atoms with van der Waals surface area (Å²) in [4.78, 5) is 16.7. The number of amides is 1. The van der Waals surface area contributed by atoms with Crippen LogP contribution in [-0.2, 0) is 19.6 Å². The van der Waals surface area contributed by atoms with Crippen molar-refractivity contribution in [2.75, 3.05) is 5.32 Å². The van der Waals surface area contributed by atoms with E-state index >= 15 is 0 Å². The Morgan fingerprint density at radius 1 is 1.27 bits per heavy atom. The lowest BCUT2D eigenvalue weighted by molar-refractivity contribution is -0.137. The molecule has 0 radical (unpaired) electrons. The Morgan fingerprint density at radius 3 is 2.50 bits per heavy atom. The van der Waals surface area contributed by atoms with E-state index in [1.54, 1.807) is 11.7 Å². The number of fused-ring (bicyclic) bond motifs is 1. The minimum Gasteiger partial charge on any atom is -0.322 e. The van der Waals surface area contributed by atoms with Crippen LogP contribution in [0, 0.1) is 0 Å². The van der Waals surface area contributed by atoms with E-state index in [1.165, 1.54) is 18.3 Å². The van der Waals surface area contributed by atoms with E-state index in [0.29, 0.717) is 23.1 Å². The number of hydrogen-bond acceptors (Lipinski definition) is 3. The van der Waals surface area contributed by atoms with Gasteiger partial charge < -0.3 is 5.32 Å². The maximum Gasteiger partial charge on any atom is 0.416 e. The Labute approximate surface area is 151 Å². The summed E-state index contributed by atoms with van der Waals surface area (Å²) in [5.74, 6) is -0.560. The Balaban J connectivity index is 1.92. The Kier molecular flexibility index (Phi) is 4.62. The van der Waals surface area contributed by atoms with Gasteiger partial charge in [-0.05, 0) is 30.7 Å². The van der Waals surface area contributed by atoms with Gasteiger partial charge in [0.25, 0.3) is 5.91 Å². The van der Waals surface area contributed by atoms with E-state index in [4.69, 9.17) is 11.6 Å². The van der Waals surface area contributed by atoms with Crippen LogP contribution in [0.5, 0.6) is 0 Å². The molecule has 1 N–H and O–H groups in total. The molecule has 0 fully saturated rings. The second-order valence-corrected chi connectivity index (χ2v) is 6.02. The Hall–Kier alpha value is -2.61. The molecule has 136 valence electrons. The van der Waals surface area contributed by atoms with E-state index in [2.05, 4.69) is 15.4 Å². The zero-order chi connectivity index (χ0) is 19.1. The van der Waals surface area contributed by atoms with Gasteiger partial charge in [0.1, 0.15) is 0 Å². The maximum absolute atomic E-state index is 12.6. The fraction of sp³-hybridized carbons (Fsp3) is 0.235. The van der Waals surface area contributed by atoms with Gasteiger partial charge >= 0.3 is 6.18 Å². The SMILES string of the molecule is CCc1nn(C)c2ncc(C(=O)Nc3ccc(C(F)(F)F)cc3)c(Cl)c12. The van der Waals surface area contributed by atoms with Gasteiger partial charge in [0, 0.05) is 18.9 Å². The third kappa shape index (κ3) is 3.24. The Morgan fingerprint density at radius 2 is 1.92 bits per heavy atom. The number of nitrogens with one attached hydrogen (secondary N) is 1. The quantitative estimate of drug-likeness (QED) is 0.727. The van der Waals surface area contributed by atoms with Crippen molar-refractivity contribution in [3.63, 3.8) is 0 Å². The van der Waals surface area contributed by atoms with Gasteiger partial charge in [-0.1, -0.05) is 18.5 Å². The van der Waals surface area contributed by atoms with Crippen molar-refractivity contribution in [3.05, 3.63) is 52.3 Å². The second-order valence-electron chi connectivity index (χ2n) is 5.64. The molecule has 9 heteroatoms. The molecule has 0 bridgehead atoms. The summed E-state index contributed by atoms with van der Waals surface area (Å²) in [6.07, 6.45) is -2.49. The number of aryl methyl sites for hydroxylation is 2. The second kappa shape index (κ2) is 6.60. The molecule has 0 aliphatic carbocycles. The molecule has 1 aromatic carbocycles. The van der Waals surface area contributed by atoms with Gasteiger partial charge in [-0.25, -0.2) is 4.98 Å². The zero-order valence-electron chi connectivity index (χ0n) is 13.9. The topological polar surface area (TPSA) is 59.8 Å². The van der Waals surface area contributed by atoms with Crippen LogP contribution in [0.2, 0.25) is 5.02 Å².